The largest absolute Gasteiger partial charge is 0.480 e. The highest BCUT2D eigenvalue weighted by Gasteiger charge is 2.10. The van der Waals surface area contributed by atoms with Crippen LogP contribution in [0, 0.1) is 0 Å². The fraction of sp³-hybridized carbons (Fsp3) is 0.714. The van der Waals surface area contributed by atoms with E-state index in [-0.39, 0.29) is 6.42 Å². The number of hydrogen-bond donors (Lipinski definition) is 3. The molecule has 0 rings (SSSR count). The topological polar surface area (TPSA) is 116 Å². The van der Waals surface area contributed by atoms with Crippen LogP contribution in [0.25, 0.3) is 0 Å². The van der Waals surface area contributed by atoms with Gasteiger partial charge in [0.05, 0.1) is 0 Å². The monoisotopic (exact) mass is 190 g/mol. The molecule has 0 fully saturated rings. The highest BCUT2D eigenvalue weighted by atomic mass is 16.7. The van der Waals surface area contributed by atoms with E-state index >= 15 is 0 Å². The van der Waals surface area contributed by atoms with Gasteiger partial charge in [0.15, 0.2) is 0 Å². The van der Waals surface area contributed by atoms with Crippen molar-refractivity contribution < 1.29 is 19.5 Å². The first-order valence-electron chi connectivity index (χ1n) is 3.96. The van der Waals surface area contributed by atoms with Crippen LogP contribution in [-0.4, -0.2) is 23.1 Å². The molecule has 0 aromatic rings. The fourth-order valence-electron chi connectivity index (χ4n) is 0.816. The molecule has 13 heavy (non-hydrogen) atoms. The van der Waals surface area contributed by atoms with Gasteiger partial charge in [0, 0.05) is 6.42 Å². The second-order valence-electron chi connectivity index (χ2n) is 2.68. The van der Waals surface area contributed by atoms with Crippen LogP contribution in [0.4, 0.5) is 0 Å². The van der Waals surface area contributed by atoms with Gasteiger partial charge in [-0.05, 0) is 12.8 Å². The van der Waals surface area contributed by atoms with Crippen molar-refractivity contribution in [3.8, 4) is 0 Å². The molecule has 0 bridgehead atoms. The third-order valence-corrected chi connectivity index (χ3v) is 1.59. The zero-order valence-corrected chi connectivity index (χ0v) is 7.23. The number of nitrogens with two attached hydrogens (primary N) is 2. The molecular formula is C7H14N2O4. The number of carboxylic acids is 1. The normalized spacial score (nSPS) is 12.2. The fourth-order valence-corrected chi connectivity index (χ4v) is 0.816. The van der Waals surface area contributed by atoms with Crippen molar-refractivity contribution in [2.75, 3.05) is 0 Å². The lowest BCUT2D eigenvalue weighted by Crippen LogP contribution is -2.29. The van der Waals surface area contributed by atoms with E-state index < -0.39 is 18.0 Å². The molecule has 0 amide bonds. The van der Waals surface area contributed by atoms with Crippen LogP contribution in [0.2, 0.25) is 0 Å². The Labute approximate surface area is 75.8 Å². The van der Waals surface area contributed by atoms with E-state index in [1.54, 1.807) is 0 Å². The molecule has 0 aromatic carbocycles. The Morgan fingerprint density at radius 2 is 2.00 bits per heavy atom. The highest BCUT2D eigenvalue weighted by molar-refractivity contribution is 5.73. The first-order valence-corrected chi connectivity index (χ1v) is 3.96. The molecule has 0 heterocycles. The van der Waals surface area contributed by atoms with E-state index in [1.165, 1.54) is 0 Å². The van der Waals surface area contributed by atoms with E-state index in [4.69, 9.17) is 10.8 Å². The third kappa shape index (κ3) is 6.06. The maximum atomic E-state index is 10.5. The Hall–Kier alpha value is -1.14. The molecular weight excluding hydrogens is 176 g/mol. The summed E-state index contributed by atoms with van der Waals surface area (Å²) in [6.07, 6.45) is 1.66. The molecule has 6 heteroatoms. The minimum Gasteiger partial charge on any atom is -0.480 e. The molecule has 1 unspecified atom stereocenters. The lowest BCUT2D eigenvalue weighted by atomic mass is 10.1. The van der Waals surface area contributed by atoms with Crippen molar-refractivity contribution in [2.45, 2.75) is 31.7 Å². The summed E-state index contributed by atoms with van der Waals surface area (Å²) in [6, 6.07) is -0.853. The zero-order chi connectivity index (χ0) is 10.3. The van der Waals surface area contributed by atoms with Gasteiger partial charge in [-0.3, -0.25) is 9.59 Å². The lowest BCUT2D eigenvalue weighted by Gasteiger charge is -2.04. The molecule has 0 saturated carbocycles. The molecule has 0 aliphatic heterocycles. The molecule has 6 nitrogen and oxygen atoms in total. The van der Waals surface area contributed by atoms with Gasteiger partial charge in [-0.2, -0.15) is 5.90 Å². The van der Waals surface area contributed by atoms with Crippen LogP contribution >= 0.6 is 0 Å². The minimum absolute atomic E-state index is 0.197. The SMILES string of the molecule is NOC(=O)CCCCC(N)C(=O)O. The summed E-state index contributed by atoms with van der Waals surface area (Å²) in [6.45, 7) is 0. The van der Waals surface area contributed by atoms with Crippen LogP contribution in [0.1, 0.15) is 25.7 Å². The molecule has 1 atom stereocenters. The van der Waals surface area contributed by atoms with Crippen LogP contribution in [0.5, 0.6) is 0 Å². The van der Waals surface area contributed by atoms with Crippen molar-refractivity contribution in [2.24, 2.45) is 11.6 Å². The summed E-state index contributed by atoms with van der Waals surface area (Å²) in [4.78, 5) is 24.7. The van der Waals surface area contributed by atoms with Gasteiger partial charge < -0.3 is 15.7 Å². The van der Waals surface area contributed by atoms with Gasteiger partial charge in [0.1, 0.15) is 6.04 Å². The smallest absolute Gasteiger partial charge is 0.324 e. The first-order chi connectivity index (χ1) is 6.07. The number of aliphatic carboxylic acids is 1. The molecule has 0 saturated heterocycles. The van der Waals surface area contributed by atoms with Crippen LogP contribution in [-0.2, 0) is 14.4 Å². The Bertz CT molecular complexity index is 183. The summed E-state index contributed by atoms with van der Waals surface area (Å²) in [5, 5.41) is 8.40. The van der Waals surface area contributed by atoms with Gasteiger partial charge in [0.25, 0.3) is 0 Å². The second kappa shape index (κ2) is 6.38. The van der Waals surface area contributed by atoms with E-state index in [0.717, 1.165) is 0 Å². The van der Waals surface area contributed by atoms with E-state index in [1.807, 2.05) is 0 Å². The lowest BCUT2D eigenvalue weighted by molar-refractivity contribution is -0.144. The summed E-state index contributed by atoms with van der Waals surface area (Å²) in [5.41, 5.74) is 5.23. The number of carbonyl (C=O) groups is 2. The summed E-state index contributed by atoms with van der Waals surface area (Å²) in [5.74, 6) is 3.07. The van der Waals surface area contributed by atoms with Crippen molar-refractivity contribution in [1.82, 2.24) is 0 Å². The zero-order valence-electron chi connectivity index (χ0n) is 7.23. The first kappa shape index (κ1) is 11.9. The average molecular weight is 190 g/mol. The van der Waals surface area contributed by atoms with Gasteiger partial charge in [0.2, 0.25) is 0 Å². The van der Waals surface area contributed by atoms with Gasteiger partial charge in [-0.25, -0.2) is 0 Å². The molecule has 0 aliphatic carbocycles. The molecule has 0 aromatic heterocycles. The Morgan fingerprint density at radius 3 is 2.46 bits per heavy atom. The Kier molecular flexibility index (Phi) is 5.82. The van der Waals surface area contributed by atoms with Crippen molar-refractivity contribution in [3.63, 3.8) is 0 Å². The maximum Gasteiger partial charge on any atom is 0.324 e. The molecule has 0 aliphatic rings. The number of rotatable bonds is 6. The minimum atomic E-state index is -1.03. The van der Waals surface area contributed by atoms with E-state index in [9.17, 15) is 9.59 Å². The van der Waals surface area contributed by atoms with E-state index in [2.05, 4.69) is 10.7 Å². The van der Waals surface area contributed by atoms with Gasteiger partial charge >= 0.3 is 11.9 Å². The molecule has 0 radical (unpaired) electrons. The predicted octanol–water partition coefficient (Wildman–Crippen LogP) is -0.624. The predicted molar refractivity (Wildman–Crippen MR) is 44.4 cm³/mol. The third-order valence-electron chi connectivity index (χ3n) is 1.59. The number of hydrogen-bond acceptors (Lipinski definition) is 5. The molecule has 0 spiro atoms. The van der Waals surface area contributed by atoms with Crippen molar-refractivity contribution in [3.05, 3.63) is 0 Å². The Morgan fingerprint density at radius 1 is 1.38 bits per heavy atom. The van der Waals surface area contributed by atoms with E-state index in [0.29, 0.717) is 19.3 Å². The highest BCUT2D eigenvalue weighted by Crippen LogP contribution is 2.02. The summed E-state index contributed by atoms with van der Waals surface area (Å²) >= 11 is 0. The van der Waals surface area contributed by atoms with Crippen LogP contribution in [0.15, 0.2) is 0 Å². The maximum absolute atomic E-state index is 10.5. The Balaban J connectivity index is 3.35. The molecule has 5 N–H and O–H groups in total. The standard InChI is InChI=1S/C7H14N2O4/c8-5(7(11)12)3-1-2-4-6(10)13-9/h5H,1-4,8-9H2,(H,11,12). The van der Waals surface area contributed by atoms with Gasteiger partial charge in [-0.1, -0.05) is 6.42 Å². The van der Waals surface area contributed by atoms with Gasteiger partial charge in [-0.15, -0.1) is 0 Å². The second-order valence-corrected chi connectivity index (χ2v) is 2.68. The number of carbonyl (C=O) groups excluding carboxylic acids is 1. The molecule has 76 valence electrons. The number of unbranched alkanes of at least 4 members (excludes halogenated alkanes) is 1. The quantitative estimate of drug-likeness (QED) is 0.379. The van der Waals surface area contributed by atoms with Crippen molar-refractivity contribution in [1.29, 1.82) is 0 Å². The average Bonchev–Trinajstić information content (AvgIpc) is 2.11. The van der Waals surface area contributed by atoms with Crippen LogP contribution in [0.3, 0.4) is 0 Å². The summed E-state index contributed by atoms with van der Waals surface area (Å²) in [7, 11) is 0. The number of carboxylic acid groups (broad SMARTS) is 1. The summed E-state index contributed by atoms with van der Waals surface area (Å²) < 4.78 is 0. The van der Waals surface area contributed by atoms with Crippen LogP contribution < -0.4 is 11.6 Å². The van der Waals surface area contributed by atoms with Crippen molar-refractivity contribution >= 4 is 11.9 Å².